The summed E-state index contributed by atoms with van der Waals surface area (Å²) in [4.78, 5) is 23.9. The lowest BCUT2D eigenvalue weighted by atomic mass is 9.84. The number of hydrogen-bond acceptors (Lipinski definition) is 5. The van der Waals surface area contributed by atoms with E-state index in [-0.39, 0.29) is 16.5 Å². The number of carbonyl (C=O) groups is 2. The number of carboxylic acids is 1. The molecule has 1 aliphatic carbocycles. The molecule has 1 aliphatic rings. The standard InChI is InChI=1S/C29H27ClF4N2O6S/c1-35(43(41,42)28-26(33)24(31)23(30)25(32)27(28)34)15-22(38)36(19-11-12-20(29(39)40)21(37)13-19)14-16-7-9-18(10-8-16)17-5-3-2-4-6-17/h7-13,17,37H,2-6,14-15H2,1H3,(H,39,40). The van der Waals surface area contributed by atoms with Crippen molar-refractivity contribution in [2.75, 3.05) is 18.5 Å². The summed E-state index contributed by atoms with van der Waals surface area (Å²) >= 11 is 5.20. The maximum absolute atomic E-state index is 14.5. The Morgan fingerprint density at radius 1 is 0.930 bits per heavy atom. The van der Waals surface area contributed by atoms with Crippen molar-refractivity contribution in [1.82, 2.24) is 4.31 Å². The van der Waals surface area contributed by atoms with Gasteiger partial charge in [-0.15, -0.1) is 0 Å². The van der Waals surface area contributed by atoms with Gasteiger partial charge in [0.1, 0.15) is 16.3 Å². The Hall–Kier alpha value is -3.68. The van der Waals surface area contributed by atoms with Gasteiger partial charge in [0.25, 0.3) is 0 Å². The number of phenols is 1. The lowest BCUT2D eigenvalue weighted by molar-refractivity contribution is -0.118. The van der Waals surface area contributed by atoms with Crippen LogP contribution in [0.25, 0.3) is 0 Å². The Morgan fingerprint density at radius 3 is 2.05 bits per heavy atom. The van der Waals surface area contributed by atoms with Crippen LogP contribution in [0.2, 0.25) is 5.02 Å². The molecule has 14 heteroatoms. The minimum Gasteiger partial charge on any atom is -0.507 e. The van der Waals surface area contributed by atoms with Gasteiger partial charge in [0.15, 0.2) is 28.2 Å². The third-order valence-electron chi connectivity index (χ3n) is 7.42. The molecule has 0 aliphatic heterocycles. The Labute approximate surface area is 250 Å². The van der Waals surface area contributed by atoms with Gasteiger partial charge in [-0.1, -0.05) is 55.1 Å². The number of hydrogen-bond donors (Lipinski definition) is 2. The first kappa shape index (κ1) is 32.2. The van der Waals surface area contributed by atoms with E-state index in [1.165, 1.54) is 12.5 Å². The Balaban J connectivity index is 1.66. The Morgan fingerprint density at radius 2 is 1.51 bits per heavy atom. The molecule has 0 atom stereocenters. The zero-order valence-corrected chi connectivity index (χ0v) is 24.4. The third-order valence-corrected chi connectivity index (χ3v) is 9.57. The first-order valence-electron chi connectivity index (χ1n) is 13.2. The van der Waals surface area contributed by atoms with E-state index in [0.717, 1.165) is 55.3 Å². The molecule has 3 aromatic rings. The lowest BCUT2D eigenvalue weighted by Gasteiger charge is -2.27. The van der Waals surface area contributed by atoms with Gasteiger partial charge in [-0.25, -0.2) is 30.8 Å². The number of rotatable bonds is 9. The van der Waals surface area contributed by atoms with Gasteiger partial charge >= 0.3 is 5.97 Å². The summed E-state index contributed by atoms with van der Waals surface area (Å²) in [6, 6.07) is 10.7. The van der Waals surface area contributed by atoms with Gasteiger partial charge in [-0.2, -0.15) is 4.31 Å². The number of nitrogens with zero attached hydrogens (tertiary/aromatic N) is 2. The third kappa shape index (κ3) is 6.63. The second-order valence-corrected chi connectivity index (χ2v) is 12.6. The van der Waals surface area contributed by atoms with Crippen molar-refractivity contribution < 1.29 is 45.8 Å². The largest absolute Gasteiger partial charge is 0.507 e. The van der Waals surface area contributed by atoms with Crippen LogP contribution in [0.1, 0.15) is 59.5 Å². The highest BCUT2D eigenvalue weighted by atomic mass is 35.5. The topological polar surface area (TPSA) is 115 Å². The van der Waals surface area contributed by atoms with Crippen molar-refractivity contribution >= 4 is 39.2 Å². The molecule has 8 nitrogen and oxygen atoms in total. The zero-order valence-electron chi connectivity index (χ0n) is 22.8. The number of likely N-dealkylation sites (N-methyl/N-ethyl adjacent to an activating group) is 1. The molecule has 0 heterocycles. The summed E-state index contributed by atoms with van der Waals surface area (Å²) < 4.78 is 83.2. The van der Waals surface area contributed by atoms with Gasteiger partial charge in [0.05, 0.1) is 13.1 Å². The lowest BCUT2D eigenvalue weighted by Crippen LogP contribution is -2.41. The van der Waals surface area contributed by atoms with Crippen LogP contribution in [0.3, 0.4) is 0 Å². The summed E-state index contributed by atoms with van der Waals surface area (Å²) in [6.07, 6.45) is 5.56. The van der Waals surface area contributed by atoms with Crippen LogP contribution in [0.5, 0.6) is 5.75 Å². The van der Waals surface area contributed by atoms with Crippen molar-refractivity contribution in [3.63, 3.8) is 0 Å². The molecule has 0 spiro atoms. The molecule has 43 heavy (non-hydrogen) atoms. The maximum Gasteiger partial charge on any atom is 0.339 e. The van der Waals surface area contributed by atoms with Crippen LogP contribution >= 0.6 is 11.6 Å². The SMILES string of the molecule is CN(CC(=O)N(Cc1ccc(C2CCCCC2)cc1)c1ccc(C(=O)O)c(O)c1)S(=O)(=O)c1c(F)c(F)c(Cl)c(F)c1F. The first-order valence-corrected chi connectivity index (χ1v) is 15.0. The number of anilines is 1. The summed E-state index contributed by atoms with van der Waals surface area (Å²) in [5.41, 5.74) is 1.25. The van der Waals surface area contributed by atoms with Crippen LogP contribution in [0, 0.1) is 23.3 Å². The average Bonchev–Trinajstić information content (AvgIpc) is 2.98. The van der Waals surface area contributed by atoms with E-state index in [1.54, 1.807) is 12.1 Å². The van der Waals surface area contributed by atoms with E-state index in [2.05, 4.69) is 0 Å². The number of amides is 1. The zero-order chi connectivity index (χ0) is 31.6. The molecular weight excluding hydrogens is 616 g/mol. The quantitative estimate of drug-likeness (QED) is 0.163. The fraction of sp³-hybridized carbons (Fsp3) is 0.310. The Bertz CT molecular complexity index is 1640. The number of aromatic hydroxyl groups is 1. The molecule has 1 fully saturated rings. The van der Waals surface area contributed by atoms with E-state index >= 15 is 0 Å². The van der Waals surface area contributed by atoms with E-state index in [0.29, 0.717) is 11.5 Å². The molecule has 2 N–H and O–H groups in total. The van der Waals surface area contributed by atoms with Crippen molar-refractivity contribution in [2.24, 2.45) is 0 Å². The summed E-state index contributed by atoms with van der Waals surface area (Å²) in [6.45, 7) is -1.23. The highest BCUT2D eigenvalue weighted by molar-refractivity contribution is 7.89. The molecule has 0 aromatic heterocycles. The van der Waals surface area contributed by atoms with Gasteiger partial charge in [0, 0.05) is 18.8 Å². The van der Waals surface area contributed by atoms with Gasteiger partial charge in [-0.05, 0) is 42.0 Å². The molecule has 1 saturated carbocycles. The minimum absolute atomic E-state index is 0.0180. The molecule has 0 saturated heterocycles. The number of benzene rings is 3. The second kappa shape index (κ2) is 12.9. The predicted octanol–water partition coefficient (Wildman–Crippen LogP) is 6.20. The second-order valence-electron chi connectivity index (χ2n) is 10.2. The van der Waals surface area contributed by atoms with Crippen LogP contribution in [0.15, 0.2) is 47.4 Å². The first-order chi connectivity index (χ1) is 20.2. The van der Waals surface area contributed by atoms with Crippen LogP contribution < -0.4 is 4.90 Å². The van der Waals surface area contributed by atoms with Gasteiger partial charge < -0.3 is 15.1 Å². The summed E-state index contributed by atoms with van der Waals surface area (Å²) in [5, 5.41) is 17.9. The van der Waals surface area contributed by atoms with Crippen molar-refractivity contribution in [3.8, 4) is 5.75 Å². The molecule has 0 unspecified atom stereocenters. The summed E-state index contributed by atoms with van der Waals surface area (Å²) in [7, 11) is -4.54. The normalized spacial score (nSPS) is 14.2. The average molecular weight is 643 g/mol. The minimum atomic E-state index is -5.32. The highest BCUT2D eigenvalue weighted by Crippen LogP contribution is 2.34. The fourth-order valence-electron chi connectivity index (χ4n) is 5.03. The Kier molecular flexibility index (Phi) is 9.67. The smallest absolute Gasteiger partial charge is 0.339 e. The highest BCUT2D eigenvalue weighted by Gasteiger charge is 2.36. The number of aromatic carboxylic acids is 1. The number of carboxylic acid groups (broad SMARTS) is 1. The molecule has 3 aromatic carbocycles. The van der Waals surface area contributed by atoms with Crippen LogP contribution in [0.4, 0.5) is 23.2 Å². The number of halogens is 5. The van der Waals surface area contributed by atoms with Crippen LogP contribution in [-0.2, 0) is 21.4 Å². The van der Waals surface area contributed by atoms with Gasteiger partial charge in [-0.3, -0.25) is 4.79 Å². The van der Waals surface area contributed by atoms with Crippen molar-refractivity contribution in [2.45, 2.75) is 49.5 Å². The van der Waals surface area contributed by atoms with Crippen molar-refractivity contribution in [1.29, 1.82) is 0 Å². The van der Waals surface area contributed by atoms with E-state index in [4.69, 9.17) is 11.6 Å². The molecular formula is C29H27ClF4N2O6S. The predicted molar refractivity (Wildman–Crippen MR) is 150 cm³/mol. The van der Waals surface area contributed by atoms with E-state index in [1.807, 2.05) is 12.1 Å². The maximum atomic E-state index is 14.5. The molecule has 0 radical (unpaired) electrons. The number of sulfonamides is 1. The summed E-state index contributed by atoms with van der Waals surface area (Å²) in [5.74, 6) is -11.4. The fourth-order valence-corrected chi connectivity index (χ4v) is 6.42. The van der Waals surface area contributed by atoms with E-state index in [9.17, 15) is 45.8 Å². The number of carbonyl (C=O) groups excluding carboxylic acids is 1. The molecule has 230 valence electrons. The molecule has 4 rings (SSSR count). The molecule has 1 amide bonds. The van der Waals surface area contributed by atoms with E-state index < -0.39 is 72.9 Å². The molecule has 0 bridgehead atoms. The van der Waals surface area contributed by atoms with Crippen LogP contribution in [-0.4, -0.2) is 48.4 Å². The van der Waals surface area contributed by atoms with Crippen molar-refractivity contribution in [3.05, 3.63) is 87.4 Å². The van der Waals surface area contributed by atoms with Gasteiger partial charge in [0.2, 0.25) is 15.9 Å². The monoisotopic (exact) mass is 642 g/mol.